The summed E-state index contributed by atoms with van der Waals surface area (Å²) in [5.74, 6) is 1.34. The van der Waals surface area contributed by atoms with Gasteiger partial charge in [-0.05, 0) is 35.4 Å². The minimum Gasteiger partial charge on any atom is -0.322 e. The Bertz CT molecular complexity index is 1430. The first-order chi connectivity index (χ1) is 15.7. The Balaban J connectivity index is 1.52. The maximum Gasteiger partial charge on any atom is 0.192 e. The Morgan fingerprint density at radius 3 is 2.53 bits per heavy atom. The number of pyridine rings is 1. The molecule has 0 unspecified atom stereocenters. The molecule has 0 atom stereocenters. The highest BCUT2D eigenvalue weighted by atomic mass is 35.5. The molecule has 0 radical (unpaired) electrons. The molecule has 5 rings (SSSR count). The van der Waals surface area contributed by atoms with Gasteiger partial charge in [-0.25, -0.2) is 0 Å². The average molecular weight is 456 g/mol. The van der Waals surface area contributed by atoms with Crippen LogP contribution < -0.4 is 0 Å². The van der Waals surface area contributed by atoms with Gasteiger partial charge in [0, 0.05) is 23.7 Å². The second kappa shape index (κ2) is 8.91. The minimum absolute atomic E-state index is 0.611. The summed E-state index contributed by atoms with van der Waals surface area (Å²) in [5, 5.41) is 20.1. The highest BCUT2D eigenvalue weighted by Crippen LogP contribution is 2.32. The van der Waals surface area contributed by atoms with Gasteiger partial charge >= 0.3 is 0 Å². The van der Waals surface area contributed by atoms with Crippen molar-refractivity contribution < 1.29 is 0 Å². The van der Waals surface area contributed by atoms with Crippen LogP contribution in [0.3, 0.4) is 0 Å². The van der Waals surface area contributed by atoms with E-state index in [1.165, 1.54) is 0 Å². The molecule has 7 heteroatoms. The van der Waals surface area contributed by atoms with Crippen LogP contribution in [0.2, 0.25) is 5.02 Å². The van der Waals surface area contributed by atoms with E-state index in [1.54, 1.807) is 11.8 Å². The third kappa shape index (κ3) is 3.89. The number of aromatic nitrogens is 4. The summed E-state index contributed by atoms with van der Waals surface area (Å²) in [4.78, 5) is 0. The average Bonchev–Trinajstić information content (AvgIpc) is 3.39. The van der Waals surface area contributed by atoms with E-state index in [0.29, 0.717) is 22.9 Å². The molecule has 0 saturated heterocycles. The van der Waals surface area contributed by atoms with Crippen LogP contribution in [-0.4, -0.2) is 19.2 Å². The Kier molecular flexibility index (Phi) is 5.68. The van der Waals surface area contributed by atoms with Crippen molar-refractivity contribution in [3.05, 3.63) is 107 Å². The van der Waals surface area contributed by atoms with Crippen LogP contribution in [0.5, 0.6) is 0 Å². The zero-order valence-corrected chi connectivity index (χ0v) is 18.6. The molecule has 0 spiro atoms. The number of halogens is 1. The van der Waals surface area contributed by atoms with Crippen molar-refractivity contribution in [2.75, 3.05) is 0 Å². The smallest absolute Gasteiger partial charge is 0.192 e. The van der Waals surface area contributed by atoms with Crippen molar-refractivity contribution in [2.24, 2.45) is 0 Å². The second-order valence-corrected chi connectivity index (χ2v) is 8.63. The van der Waals surface area contributed by atoms with E-state index in [-0.39, 0.29) is 0 Å². The molecular formula is C25H18ClN5S. The van der Waals surface area contributed by atoms with Gasteiger partial charge in [-0.15, -0.1) is 10.2 Å². The molecule has 32 heavy (non-hydrogen) atoms. The Labute approximate surface area is 194 Å². The fraction of sp³-hybridized carbons (Fsp3) is 0.0800. The van der Waals surface area contributed by atoms with Crippen LogP contribution in [-0.2, 0) is 12.3 Å². The molecule has 5 aromatic rings. The van der Waals surface area contributed by atoms with Crippen LogP contribution >= 0.6 is 23.4 Å². The summed E-state index contributed by atoms with van der Waals surface area (Å²) in [6.45, 7) is 0.625. The van der Waals surface area contributed by atoms with E-state index in [0.717, 1.165) is 33.2 Å². The molecule has 0 N–H and O–H groups in total. The van der Waals surface area contributed by atoms with Gasteiger partial charge in [0.25, 0.3) is 0 Å². The number of nitrogens with zero attached hydrogens (tertiary/aromatic N) is 5. The van der Waals surface area contributed by atoms with Gasteiger partial charge in [0.15, 0.2) is 11.0 Å². The third-order valence-corrected chi connectivity index (χ3v) is 6.59. The molecule has 0 bridgehead atoms. The lowest BCUT2D eigenvalue weighted by Gasteiger charge is -2.11. The van der Waals surface area contributed by atoms with E-state index in [1.807, 2.05) is 77.5 Å². The summed E-state index contributed by atoms with van der Waals surface area (Å²) in [5.41, 5.74) is 4.57. The number of fused-ring (bicyclic) bond motifs is 1. The molecule has 0 amide bonds. The molecule has 156 valence electrons. The van der Waals surface area contributed by atoms with Gasteiger partial charge in [0.05, 0.1) is 22.6 Å². The van der Waals surface area contributed by atoms with Crippen LogP contribution in [0.15, 0.2) is 90.3 Å². The largest absolute Gasteiger partial charge is 0.322 e. The predicted molar refractivity (Wildman–Crippen MR) is 128 cm³/mol. The molecule has 0 aliphatic heterocycles. The van der Waals surface area contributed by atoms with Gasteiger partial charge in [-0.3, -0.25) is 4.57 Å². The Morgan fingerprint density at radius 1 is 0.938 bits per heavy atom. The van der Waals surface area contributed by atoms with E-state index in [4.69, 9.17) is 11.6 Å². The van der Waals surface area contributed by atoms with E-state index >= 15 is 0 Å². The summed E-state index contributed by atoms with van der Waals surface area (Å²) in [6, 6.07) is 26.1. The number of benzene rings is 2. The topological polar surface area (TPSA) is 58.9 Å². The van der Waals surface area contributed by atoms with E-state index < -0.39 is 0 Å². The van der Waals surface area contributed by atoms with Crippen LogP contribution in [0.4, 0.5) is 0 Å². The van der Waals surface area contributed by atoms with Crippen molar-refractivity contribution in [1.82, 2.24) is 19.2 Å². The van der Waals surface area contributed by atoms with Crippen LogP contribution in [0, 0.1) is 11.3 Å². The first kappa shape index (κ1) is 20.4. The molecule has 0 aliphatic carbocycles. The number of nitriles is 1. The van der Waals surface area contributed by atoms with Crippen molar-refractivity contribution in [1.29, 1.82) is 5.26 Å². The SMILES string of the molecule is N#Cc1c(CSc2nnc(-c3ccccc3Cl)n2Cc2ccccc2)cn2ccccc12. The van der Waals surface area contributed by atoms with Crippen molar-refractivity contribution in [3.8, 4) is 17.5 Å². The van der Waals surface area contributed by atoms with Gasteiger partial charge in [0.2, 0.25) is 0 Å². The molecule has 0 aliphatic rings. The first-order valence-corrected chi connectivity index (χ1v) is 11.4. The first-order valence-electron chi connectivity index (χ1n) is 10.1. The molecule has 0 saturated carbocycles. The lowest BCUT2D eigenvalue weighted by Crippen LogP contribution is -2.04. The molecule has 3 heterocycles. The minimum atomic E-state index is 0.611. The number of rotatable bonds is 6. The highest BCUT2D eigenvalue weighted by Gasteiger charge is 2.18. The number of hydrogen-bond donors (Lipinski definition) is 0. The normalized spacial score (nSPS) is 11.0. The second-order valence-electron chi connectivity index (χ2n) is 7.28. The van der Waals surface area contributed by atoms with Gasteiger partial charge < -0.3 is 4.40 Å². The van der Waals surface area contributed by atoms with Gasteiger partial charge in [0.1, 0.15) is 6.07 Å². The number of hydrogen-bond acceptors (Lipinski definition) is 4. The Morgan fingerprint density at radius 2 is 1.72 bits per heavy atom. The monoisotopic (exact) mass is 455 g/mol. The van der Waals surface area contributed by atoms with Crippen molar-refractivity contribution in [3.63, 3.8) is 0 Å². The van der Waals surface area contributed by atoms with Crippen LogP contribution in [0.25, 0.3) is 16.9 Å². The van der Waals surface area contributed by atoms with Crippen LogP contribution in [0.1, 0.15) is 16.7 Å². The molecule has 3 aromatic heterocycles. The fourth-order valence-electron chi connectivity index (χ4n) is 3.70. The standard InChI is InChI=1S/C25H18ClN5S/c26-22-11-5-4-10-20(22)24-28-29-25(31(24)15-18-8-2-1-3-9-18)32-17-19-16-30-13-7-6-12-23(30)21(19)14-27/h1-13,16H,15,17H2. The Hall–Kier alpha value is -3.53. The zero-order chi connectivity index (χ0) is 21.9. The highest BCUT2D eigenvalue weighted by molar-refractivity contribution is 7.98. The summed E-state index contributed by atoms with van der Waals surface area (Å²) < 4.78 is 4.07. The third-order valence-electron chi connectivity index (χ3n) is 5.25. The molecule has 2 aromatic carbocycles. The van der Waals surface area contributed by atoms with Gasteiger partial charge in [-0.2, -0.15) is 5.26 Å². The van der Waals surface area contributed by atoms with Gasteiger partial charge in [-0.1, -0.05) is 71.9 Å². The lowest BCUT2D eigenvalue weighted by atomic mass is 10.2. The predicted octanol–water partition coefficient (Wildman–Crippen LogP) is 6.06. The quantitative estimate of drug-likeness (QED) is 0.292. The van der Waals surface area contributed by atoms with E-state index in [2.05, 4.69) is 33.0 Å². The van der Waals surface area contributed by atoms with Crippen molar-refractivity contribution >= 4 is 28.9 Å². The summed E-state index contributed by atoms with van der Waals surface area (Å²) in [6.07, 6.45) is 3.96. The number of thioether (sulfide) groups is 1. The molecular weight excluding hydrogens is 438 g/mol. The lowest BCUT2D eigenvalue weighted by molar-refractivity contribution is 0.714. The summed E-state index contributed by atoms with van der Waals surface area (Å²) >= 11 is 8.04. The fourth-order valence-corrected chi connectivity index (χ4v) is 4.83. The molecule has 0 fully saturated rings. The maximum absolute atomic E-state index is 9.71. The summed E-state index contributed by atoms with van der Waals surface area (Å²) in [7, 11) is 0. The van der Waals surface area contributed by atoms with Crippen molar-refractivity contribution in [2.45, 2.75) is 17.5 Å². The molecule has 5 nitrogen and oxygen atoms in total. The maximum atomic E-state index is 9.71. The van der Waals surface area contributed by atoms with E-state index in [9.17, 15) is 5.26 Å². The zero-order valence-electron chi connectivity index (χ0n) is 17.0.